The smallest absolute Gasteiger partial charge is 0.305 e. The van der Waals surface area contributed by atoms with Gasteiger partial charge in [0.2, 0.25) is 5.78 Å². The van der Waals surface area contributed by atoms with Gasteiger partial charge in [-0.05, 0) is 66.8 Å². The van der Waals surface area contributed by atoms with Crippen molar-refractivity contribution in [1.29, 1.82) is 0 Å². The zero-order chi connectivity index (χ0) is 28.6. The highest BCUT2D eigenvalue weighted by Gasteiger charge is 2.74. The number of carbonyl (C=O) groups is 4. The molecular formula is C30H44O8. The molecular weight excluding hydrogens is 488 g/mol. The number of fused-ring (bicyclic) bond motifs is 4. The lowest BCUT2D eigenvalue weighted by Gasteiger charge is -2.62. The summed E-state index contributed by atoms with van der Waals surface area (Å²) in [5.41, 5.74) is -2.68. The Morgan fingerprint density at radius 1 is 1.11 bits per heavy atom. The molecule has 0 spiro atoms. The number of ether oxygens (including phenoxy) is 2. The van der Waals surface area contributed by atoms with Crippen LogP contribution in [0.1, 0.15) is 87.0 Å². The van der Waals surface area contributed by atoms with Crippen LogP contribution in [0.2, 0.25) is 0 Å². The van der Waals surface area contributed by atoms with Crippen LogP contribution in [-0.4, -0.2) is 59.1 Å². The number of carbonyl (C=O) groups excluding carboxylic acids is 4. The van der Waals surface area contributed by atoms with Gasteiger partial charge in [0.05, 0.1) is 24.7 Å². The average molecular weight is 533 g/mol. The maximum absolute atomic E-state index is 14.6. The maximum atomic E-state index is 14.6. The predicted molar refractivity (Wildman–Crippen MR) is 139 cm³/mol. The van der Waals surface area contributed by atoms with Gasteiger partial charge in [-0.2, -0.15) is 0 Å². The molecule has 0 aromatic rings. The fourth-order valence-corrected chi connectivity index (χ4v) is 9.08. The Morgan fingerprint density at radius 2 is 1.74 bits per heavy atom. The van der Waals surface area contributed by atoms with Gasteiger partial charge < -0.3 is 19.7 Å². The van der Waals surface area contributed by atoms with E-state index in [0.717, 1.165) is 0 Å². The average Bonchev–Trinajstić information content (AvgIpc) is 3.05. The molecule has 4 aliphatic carbocycles. The lowest BCUT2D eigenvalue weighted by molar-refractivity contribution is -0.178. The second-order valence-corrected chi connectivity index (χ2v) is 13.5. The second kappa shape index (κ2) is 9.26. The van der Waals surface area contributed by atoms with Crippen LogP contribution in [0, 0.1) is 39.4 Å². The number of aliphatic hydroxyl groups excluding tert-OH is 2. The second-order valence-electron chi connectivity index (χ2n) is 13.5. The Hall–Kier alpha value is -2.06. The summed E-state index contributed by atoms with van der Waals surface area (Å²) < 4.78 is 10.7. The molecule has 0 aliphatic heterocycles. The number of hydrogen-bond donors (Lipinski definition) is 2. The molecule has 2 saturated carbocycles. The van der Waals surface area contributed by atoms with Crippen LogP contribution in [0.4, 0.5) is 0 Å². The maximum Gasteiger partial charge on any atom is 0.305 e. The molecule has 0 bridgehead atoms. The molecule has 2 N–H and O–H groups in total. The highest BCUT2D eigenvalue weighted by atomic mass is 16.5. The SMILES string of the molecule is COC(=O)CC[C@@H](C)[C@H]1CC(=O)[C@@]2(C)C3=C(C(=O)[C@H](OC(C)=O)[C@]12C)[C@@]1(C)CC[C@H](O)C(C)(C)[C@@H]1C[C@@H]3O. The predicted octanol–water partition coefficient (Wildman–Crippen LogP) is 3.56. The van der Waals surface area contributed by atoms with Gasteiger partial charge in [0.15, 0.2) is 6.10 Å². The highest BCUT2D eigenvalue weighted by Crippen LogP contribution is 2.71. The minimum absolute atomic E-state index is 0.0803. The first-order chi connectivity index (χ1) is 17.5. The number of methoxy groups -OCH3 is 1. The summed E-state index contributed by atoms with van der Waals surface area (Å²) in [6.07, 6.45) is -0.648. The lowest BCUT2D eigenvalue weighted by atomic mass is 9.42. The van der Waals surface area contributed by atoms with Crippen LogP contribution in [0.5, 0.6) is 0 Å². The van der Waals surface area contributed by atoms with Gasteiger partial charge in [0.1, 0.15) is 5.78 Å². The van der Waals surface area contributed by atoms with Crippen molar-refractivity contribution in [3.8, 4) is 0 Å². The normalized spacial score (nSPS) is 42.6. The van der Waals surface area contributed by atoms with Gasteiger partial charge >= 0.3 is 11.9 Å². The fraction of sp³-hybridized carbons (Fsp3) is 0.800. The van der Waals surface area contributed by atoms with Crippen LogP contribution >= 0.6 is 0 Å². The van der Waals surface area contributed by atoms with Gasteiger partial charge in [-0.3, -0.25) is 19.2 Å². The first-order valence-electron chi connectivity index (χ1n) is 13.9. The van der Waals surface area contributed by atoms with Crippen molar-refractivity contribution in [2.75, 3.05) is 7.11 Å². The third-order valence-electron chi connectivity index (χ3n) is 11.5. The van der Waals surface area contributed by atoms with Crippen molar-refractivity contribution in [2.24, 2.45) is 39.4 Å². The summed E-state index contributed by atoms with van der Waals surface area (Å²) in [6, 6.07) is 0. The quantitative estimate of drug-likeness (QED) is 0.515. The Bertz CT molecular complexity index is 1090. The summed E-state index contributed by atoms with van der Waals surface area (Å²) in [5.74, 6) is -2.07. The molecule has 0 saturated heterocycles. The number of aliphatic hydroxyl groups is 2. The monoisotopic (exact) mass is 532 g/mol. The molecule has 38 heavy (non-hydrogen) atoms. The van der Waals surface area contributed by atoms with E-state index in [-0.39, 0.29) is 48.1 Å². The van der Waals surface area contributed by atoms with E-state index in [1.807, 2.05) is 41.5 Å². The summed E-state index contributed by atoms with van der Waals surface area (Å²) in [4.78, 5) is 53.0. The van der Waals surface area contributed by atoms with E-state index in [9.17, 15) is 29.4 Å². The Labute approximate surface area is 225 Å². The Balaban J connectivity index is 1.93. The summed E-state index contributed by atoms with van der Waals surface area (Å²) >= 11 is 0. The molecule has 4 rings (SSSR count). The molecule has 8 heteroatoms. The fourth-order valence-electron chi connectivity index (χ4n) is 9.08. The molecule has 0 heterocycles. The summed E-state index contributed by atoms with van der Waals surface area (Å²) in [6.45, 7) is 12.8. The molecule has 0 radical (unpaired) electrons. The van der Waals surface area contributed by atoms with Crippen molar-refractivity contribution in [3.05, 3.63) is 11.1 Å². The standard InChI is InChI=1S/C30H44O8/c1-15(9-10-22(35)37-8)17-13-21(34)30(7)23-18(32)14-19-27(3,4)20(33)11-12-28(19,5)24(23)25(36)26(29(17,30)6)38-16(2)31/h15,17-20,26,32-33H,9-14H2,1-8H3/t15-,17-,18+,19+,20+,26+,28+,29+,30+/m1/s1. The highest BCUT2D eigenvalue weighted by molar-refractivity contribution is 6.08. The van der Waals surface area contributed by atoms with E-state index in [1.54, 1.807) is 0 Å². The minimum Gasteiger partial charge on any atom is -0.469 e. The van der Waals surface area contributed by atoms with Crippen LogP contribution in [-0.2, 0) is 28.7 Å². The molecule has 0 aromatic heterocycles. The summed E-state index contributed by atoms with van der Waals surface area (Å²) in [5, 5.41) is 22.6. The van der Waals surface area contributed by atoms with Crippen molar-refractivity contribution in [3.63, 3.8) is 0 Å². The Morgan fingerprint density at radius 3 is 2.32 bits per heavy atom. The van der Waals surface area contributed by atoms with Crippen molar-refractivity contribution in [2.45, 2.75) is 105 Å². The molecule has 2 fully saturated rings. The largest absolute Gasteiger partial charge is 0.469 e. The third-order valence-corrected chi connectivity index (χ3v) is 11.5. The number of rotatable bonds is 5. The minimum atomic E-state index is -1.23. The van der Waals surface area contributed by atoms with E-state index in [0.29, 0.717) is 36.8 Å². The number of Topliss-reactive ketones (excluding diaryl/α,β-unsaturated/α-hetero) is 2. The first kappa shape index (κ1) is 28.9. The molecule has 0 unspecified atom stereocenters. The van der Waals surface area contributed by atoms with Crippen LogP contribution < -0.4 is 0 Å². The van der Waals surface area contributed by atoms with Crippen LogP contribution in [0.3, 0.4) is 0 Å². The lowest BCUT2D eigenvalue weighted by Crippen LogP contribution is -2.65. The van der Waals surface area contributed by atoms with Crippen LogP contribution in [0.25, 0.3) is 0 Å². The number of hydrogen-bond acceptors (Lipinski definition) is 8. The molecule has 8 nitrogen and oxygen atoms in total. The van der Waals surface area contributed by atoms with E-state index in [2.05, 4.69) is 0 Å². The van der Waals surface area contributed by atoms with E-state index >= 15 is 0 Å². The summed E-state index contributed by atoms with van der Waals surface area (Å²) in [7, 11) is 1.33. The zero-order valence-corrected chi connectivity index (χ0v) is 24.1. The number of ketones is 2. The van der Waals surface area contributed by atoms with Gasteiger partial charge in [0.25, 0.3) is 0 Å². The molecule has 4 aliphatic rings. The third kappa shape index (κ3) is 3.69. The van der Waals surface area contributed by atoms with Crippen LogP contribution in [0.15, 0.2) is 11.1 Å². The molecule has 0 amide bonds. The first-order valence-corrected chi connectivity index (χ1v) is 13.9. The molecule has 0 aromatic carbocycles. The van der Waals surface area contributed by atoms with Gasteiger partial charge in [0, 0.05) is 30.8 Å². The van der Waals surface area contributed by atoms with E-state index in [1.165, 1.54) is 14.0 Å². The van der Waals surface area contributed by atoms with E-state index in [4.69, 9.17) is 9.47 Å². The molecule has 212 valence electrons. The number of esters is 2. The van der Waals surface area contributed by atoms with E-state index < -0.39 is 45.9 Å². The van der Waals surface area contributed by atoms with Crippen molar-refractivity contribution in [1.82, 2.24) is 0 Å². The van der Waals surface area contributed by atoms with Crippen molar-refractivity contribution < 1.29 is 38.9 Å². The van der Waals surface area contributed by atoms with Gasteiger partial charge in [-0.1, -0.05) is 34.6 Å². The van der Waals surface area contributed by atoms with Crippen molar-refractivity contribution >= 4 is 23.5 Å². The van der Waals surface area contributed by atoms with Gasteiger partial charge in [-0.15, -0.1) is 0 Å². The zero-order valence-electron chi connectivity index (χ0n) is 24.1. The molecule has 9 atom stereocenters. The van der Waals surface area contributed by atoms with Gasteiger partial charge in [-0.25, -0.2) is 0 Å². The topological polar surface area (TPSA) is 127 Å². The Kier molecular flexibility index (Phi) is 7.05.